The van der Waals surface area contributed by atoms with E-state index in [0.29, 0.717) is 29.4 Å². The zero-order valence-electron chi connectivity index (χ0n) is 14.5. The molecule has 4 heteroatoms. The Morgan fingerprint density at radius 1 is 0.917 bits per heavy atom. The van der Waals surface area contributed by atoms with E-state index in [4.69, 9.17) is 14.2 Å². The molecule has 0 spiro atoms. The molecule has 0 bridgehead atoms. The molecule has 0 heterocycles. The van der Waals surface area contributed by atoms with E-state index in [1.165, 1.54) is 25.3 Å². The Morgan fingerprint density at radius 3 is 1.92 bits per heavy atom. The van der Waals surface area contributed by atoms with Crippen molar-refractivity contribution in [2.75, 3.05) is 20.8 Å². The summed E-state index contributed by atoms with van der Waals surface area (Å²) in [6.07, 6.45) is 3.80. The van der Waals surface area contributed by atoms with Crippen LogP contribution >= 0.6 is 0 Å². The fraction of sp³-hybridized carbons (Fsp3) is 0.350. The molecule has 128 valence electrons. The van der Waals surface area contributed by atoms with Crippen LogP contribution in [0.15, 0.2) is 36.4 Å². The second kappa shape index (κ2) is 8.96. The lowest BCUT2D eigenvalue weighted by Gasteiger charge is -2.13. The molecule has 24 heavy (non-hydrogen) atoms. The lowest BCUT2D eigenvalue weighted by molar-refractivity contribution is 0.111. The van der Waals surface area contributed by atoms with Gasteiger partial charge in [-0.05, 0) is 17.5 Å². The molecule has 0 fully saturated rings. The van der Waals surface area contributed by atoms with Gasteiger partial charge in [0.15, 0.2) is 6.29 Å². The van der Waals surface area contributed by atoms with Gasteiger partial charge in [0.1, 0.15) is 17.2 Å². The zero-order valence-corrected chi connectivity index (χ0v) is 14.5. The van der Waals surface area contributed by atoms with E-state index in [2.05, 4.69) is 31.2 Å². The number of carbonyl (C=O) groups excluding carboxylic acids is 1. The summed E-state index contributed by atoms with van der Waals surface area (Å²) in [6.45, 7) is 2.72. The highest BCUT2D eigenvalue weighted by Crippen LogP contribution is 2.32. The predicted molar refractivity (Wildman–Crippen MR) is 94.6 cm³/mol. The van der Waals surface area contributed by atoms with E-state index in [1.54, 1.807) is 12.1 Å². The molecule has 4 nitrogen and oxygen atoms in total. The quantitative estimate of drug-likeness (QED) is 0.650. The van der Waals surface area contributed by atoms with Gasteiger partial charge in [-0.25, -0.2) is 0 Å². The third-order valence-electron chi connectivity index (χ3n) is 3.86. The first-order chi connectivity index (χ1) is 11.7. The first-order valence-electron chi connectivity index (χ1n) is 8.13. The van der Waals surface area contributed by atoms with E-state index in [-0.39, 0.29) is 0 Å². The van der Waals surface area contributed by atoms with Crippen molar-refractivity contribution in [1.29, 1.82) is 0 Å². The molecule has 0 radical (unpaired) electrons. The third-order valence-corrected chi connectivity index (χ3v) is 3.86. The monoisotopic (exact) mass is 328 g/mol. The van der Waals surface area contributed by atoms with Crippen LogP contribution in [0, 0.1) is 0 Å². The molecule has 0 atom stereocenters. The summed E-state index contributed by atoms with van der Waals surface area (Å²) in [5.74, 6) is 1.52. The van der Waals surface area contributed by atoms with E-state index in [1.807, 2.05) is 0 Å². The first kappa shape index (κ1) is 17.9. The van der Waals surface area contributed by atoms with Crippen molar-refractivity contribution in [1.82, 2.24) is 0 Å². The van der Waals surface area contributed by atoms with E-state index in [0.717, 1.165) is 25.5 Å². The number of hydrogen-bond acceptors (Lipinski definition) is 4. The van der Waals surface area contributed by atoms with Crippen LogP contribution in [0.25, 0.3) is 0 Å². The molecule has 0 aliphatic heterocycles. The van der Waals surface area contributed by atoms with Gasteiger partial charge in [0, 0.05) is 18.6 Å². The fourth-order valence-electron chi connectivity index (χ4n) is 2.56. The van der Waals surface area contributed by atoms with Crippen molar-refractivity contribution in [2.45, 2.75) is 26.2 Å². The van der Waals surface area contributed by atoms with Crippen LogP contribution in [0.1, 0.15) is 34.8 Å². The maximum atomic E-state index is 11.1. The number of methoxy groups -OCH3 is 2. The van der Waals surface area contributed by atoms with Crippen LogP contribution in [0.3, 0.4) is 0 Å². The molecular formula is C20H24O4. The summed E-state index contributed by atoms with van der Waals surface area (Å²) >= 11 is 0. The van der Waals surface area contributed by atoms with Crippen molar-refractivity contribution in [2.24, 2.45) is 0 Å². The Hall–Kier alpha value is -2.49. The second-order valence-electron chi connectivity index (χ2n) is 5.52. The summed E-state index contributed by atoms with van der Waals surface area (Å²) in [6, 6.07) is 12.0. The summed E-state index contributed by atoms with van der Waals surface area (Å²) in [4.78, 5) is 11.1. The molecule has 0 N–H and O–H groups in total. The number of aldehydes is 1. The zero-order chi connectivity index (χ0) is 17.4. The van der Waals surface area contributed by atoms with Gasteiger partial charge in [-0.2, -0.15) is 0 Å². The minimum atomic E-state index is 0.388. The van der Waals surface area contributed by atoms with Gasteiger partial charge in [0.2, 0.25) is 0 Å². The highest BCUT2D eigenvalue weighted by molar-refractivity contribution is 5.84. The van der Waals surface area contributed by atoms with Gasteiger partial charge in [-0.1, -0.05) is 37.6 Å². The van der Waals surface area contributed by atoms with Crippen molar-refractivity contribution < 1.29 is 19.0 Å². The average molecular weight is 328 g/mol. The minimum Gasteiger partial charge on any atom is -0.496 e. The van der Waals surface area contributed by atoms with E-state index in [9.17, 15) is 4.79 Å². The number of carbonyl (C=O) groups is 1. The minimum absolute atomic E-state index is 0.388. The van der Waals surface area contributed by atoms with E-state index >= 15 is 0 Å². The van der Waals surface area contributed by atoms with Gasteiger partial charge in [0.05, 0.1) is 26.4 Å². The summed E-state index contributed by atoms with van der Waals surface area (Å²) in [5.41, 5.74) is 2.98. The number of rotatable bonds is 9. The van der Waals surface area contributed by atoms with Crippen molar-refractivity contribution >= 4 is 6.29 Å². The normalized spacial score (nSPS) is 10.3. The lowest BCUT2D eigenvalue weighted by Crippen LogP contribution is -2.03. The Balaban J connectivity index is 2.00. The van der Waals surface area contributed by atoms with Crippen LogP contribution in [0.2, 0.25) is 0 Å². The molecule has 2 aromatic rings. The van der Waals surface area contributed by atoms with Crippen LogP contribution in [-0.2, 0) is 12.8 Å². The largest absolute Gasteiger partial charge is 0.496 e. The fourth-order valence-corrected chi connectivity index (χ4v) is 2.56. The van der Waals surface area contributed by atoms with Gasteiger partial charge >= 0.3 is 0 Å². The predicted octanol–water partition coefficient (Wildman–Crippen LogP) is 4.09. The van der Waals surface area contributed by atoms with Crippen LogP contribution < -0.4 is 14.2 Å². The van der Waals surface area contributed by atoms with Gasteiger partial charge < -0.3 is 14.2 Å². The van der Waals surface area contributed by atoms with Crippen LogP contribution in [-0.4, -0.2) is 27.1 Å². The van der Waals surface area contributed by atoms with Gasteiger partial charge in [-0.15, -0.1) is 0 Å². The highest BCUT2D eigenvalue weighted by Gasteiger charge is 2.12. The number of benzene rings is 2. The molecule has 0 aliphatic carbocycles. The Bertz CT molecular complexity index is 637. The van der Waals surface area contributed by atoms with Gasteiger partial charge in [0.25, 0.3) is 0 Å². The van der Waals surface area contributed by atoms with Crippen LogP contribution in [0.4, 0.5) is 0 Å². The molecule has 0 aliphatic rings. The maximum absolute atomic E-state index is 11.1. The molecular weight excluding hydrogens is 304 g/mol. The summed E-state index contributed by atoms with van der Waals surface area (Å²) in [7, 11) is 3.03. The molecule has 0 saturated carbocycles. The van der Waals surface area contributed by atoms with E-state index < -0.39 is 0 Å². The third kappa shape index (κ3) is 4.51. The number of ether oxygens (including phenoxy) is 3. The summed E-state index contributed by atoms with van der Waals surface area (Å²) < 4.78 is 16.3. The van der Waals surface area contributed by atoms with Gasteiger partial charge in [-0.3, -0.25) is 4.79 Å². The number of hydrogen-bond donors (Lipinski definition) is 0. The smallest absolute Gasteiger partial charge is 0.157 e. The van der Waals surface area contributed by atoms with Crippen molar-refractivity contribution in [3.05, 3.63) is 53.1 Å². The molecule has 0 aromatic heterocycles. The van der Waals surface area contributed by atoms with Crippen LogP contribution in [0.5, 0.6) is 17.2 Å². The number of aryl methyl sites for hydroxylation is 1. The standard InChI is InChI=1S/C20H24O4/c1-4-5-15-6-8-16(9-7-15)10-11-24-17-12-19(22-2)18(14-21)20(13-17)23-3/h6-9,12-14H,4-5,10-11H2,1-3H3. The molecule has 0 saturated heterocycles. The van der Waals surface area contributed by atoms with Crippen molar-refractivity contribution in [3.8, 4) is 17.2 Å². The van der Waals surface area contributed by atoms with Crippen molar-refractivity contribution in [3.63, 3.8) is 0 Å². The molecule has 0 unspecified atom stereocenters. The lowest BCUT2D eigenvalue weighted by atomic mass is 10.1. The molecule has 2 aromatic carbocycles. The average Bonchev–Trinajstić information content (AvgIpc) is 2.62. The SMILES string of the molecule is CCCc1ccc(CCOc2cc(OC)c(C=O)c(OC)c2)cc1. The highest BCUT2D eigenvalue weighted by atomic mass is 16.5. The molecule has 0 amide bonds. The second-order valence-corrected chi connectivity index (χ2v) is 5.52. The Kier molecular flexibility index (Phi) is 6.67. The molecule has 2 rings (SSSR count). The summed E-state index contributed by atoms with van der Waals surface area (Å²) in [5, 5.41) is 0. The maximum Gasteiger partial charge on any atom is 0.157 e. The Morgan fingerprint density at radius 2 is 1.46 bits per heavy atom. The topological polar surface area (TPSA) is 44.8 Å². The Labute approximate surface area is 143 Å². The first-order valence-corrected chi connectivity index (χ1v) is 8.13.